The molecule has 90 valence electrons. The fourth-order valence-corrected chi connectivity index (χ4v) is 2.92. The van der Waals surface area contributed by atoms with Gasteiger partial charge in [-0.3, -0.25) is 0 Å². The summed E-state index contributed by atoms with van der Waals surface area (Å²) in [5.74, 6) is 3.14. The number of hydrogen-bond acceptors (Lipinski definition) is 2. The van der Waals surface area contributed by atoms with E-state index in [0.717, 1.165) is 24.8 Å². The molecule has 1 aromatic rings. The van der Waals surface area contributed by atoms with Crippen LogP contribution in [-0.4, -0.2) is 16.5 Å². The molecule has 0 radical (unpaired) electrons. The van der Waals surface area contributed by atoms with Gasteiger partial charge in [0.25, 0.3) is 0 Å². The Hall–Kier alpha value is -0.910. The van der Waals surface area contributed by atoms with E-state index in [-0.39, 0.29) is 6.10 Å². The number of aliphatic hydroxyl groups excluding tert-OH is 1. The van der Waals surface area contributed by atoms with Gasteiger partial charge in [-0.1, -0.05) is 48.2 Å². The van der Waals surface area contributed by atoms with Gasteiger partial charge >= 0.3 is 0 Å². The Morgan fingerprint density at radius 1 is 1.18 bits per heavy atom. The average Bonchev–Trinajstić information content (AvgIpc) is 2.34. The van der Waals surface area contributed by atoms with E-state index in [1.165, 1.54) is 12.0 Å². The maximum Gasteiger partial charge on any atom is 0.0668 e. The highest BCUT2D eigenvalue weighted by Gasteiger charge is 2.22. The highest BCUT2D eigenvalue weighted by atomic mass is 32.2. The number of benzene rings is 1. The van der Waals surface area contributed by atoms with Gasteiger partial charge in [0.2, 0.25) is 0 Å². The second-order valence-electron chi connectivity index (χ2n) is 4.60. The Morgan fingerprint density at radius 3 is 2.59 bits per heavy atom. The maximum atomic E-state index is 9.81. The molecule has 2 rings (SSSR count). The summed E-state index contributed by atoms with van der Waals surface area (Å²) in [6, 6.07) is 8.23. The van der Waals surface area contributed by atoms with Crippen molar-refractivity contribution in [3.8, 4) is 11.2 Å². The normalized spacial score (nSPS) is 23.9. The van der Waals surface area contributed by atoms with Crippen LogP contribution in [0.15, 0.2) is 24.3 Å². The Kier molecular flexibility index (Phi) is 4.53. The zero-order valence-electron chi connectivity index (χ0n) is 10.1. The molecular weight excluding hydrogens is 228 g/mol. The number of aliphatic hydroxyl groups is 1. The standard InChI is InChI=1S/C15H18OS/c1-12-6-8-13(9-7-12)10-11-17-15-5-3-2-4-14(15)16/h6-9,14-16H,2-5H2,1H3. The van der Waals surface area contributed by atoms with Gasteiger partial charge in [-0.25, -0.2) is 0 Å². The maximum absolute atomic E-state index is 9.81. The monoisotopic (exact) mass is 246 g/mol. The Balaban J connectivity index is 1.91. The van der Waals surface area contributed by atoms with Crippen molar-refractivity contribution in [1.29, 1.82) is 0 Å². The third-order valence-electron chi connectivity index (χ3n) is 3.12. The summed E-state index contributed by atoms with van der Waals surface area (Å²) in [6.45, 7) is 2.07. The molecule has 1 fully saturated rings. The molecule has 2 heteroatoms. The predicted molar refractivity (Wildman–Crippen MR) is 73.9 cm³/mol. The van der Waals surface area contributed by atoms with Gasteiger partial charge < -0.3 is 5.11 Å². The van der Waals surface area contributed by atoms with Crippen LogP contribution in [0.3, 0.4) is 0 Å². The second-order valence-corrected chi connectivity index (χ2v) is 5.65. The average molecular weight is 246 g/mol. The summed E-state index contributed by atoms with van der Waals surface area (Å²) in [5, 5.41) is 13.2. The molecule has 2 unspecified atom stereocenters. The van der Waals surface area contributed by atoms with Crippen molar-refractivity contribution in [2.45, 2.75) is 44.0 Å². The Morgan fingerprint density at radius 2 is 1.88 bits per heavy atom. The van der Waals surface area contributed by atoms with E-state index in [9.17, 15) is 5.11 Å². The Labute approximate surface area is 108 Å². The minimum atomic E-state index is -0.166. The largest absolute Gasteiger partial charge is 0.392 e. The van der Waals surface area contributed by atoms with Gasteiger partial charge in [0, 0.05) is 10.8 Å². The van der Waals surface area contributed by atoms with E-state index in [4.69, 9.17) is 0 Å². The molecule has 1 aliphatic rings. The summed E-state index contributed by atoms with van der Waals surface area (Å²) in [7, 11) is 0. The molecule has 0 amide bonds. The third-order valence-corrected chi connectivity index (χ3v) is 4.20. The van der Waals surface area contributed by atoms with E-state index < -0.39 is 0 Å². The van der Waals surface area contributed by atoms with Crippen LogP contribution >= 0.6 is 11.8 Å². The molecule has 1 N–H and O–H groups in total. The van der Waals surface area contributed by atoms with Crippen molar-refractivity contribution >= 4 is 11.8 Å². The van der Waals surface area contributed by atoms with Crippen LogP contribution in [0.5, 0.6) is 0 Å². The molecule has 0 saturated heterocycles. The fourth-order valence-electron chi connectivity index (χ4n) is 2.02. The summed E-state index contributed by atoms with van der Waals surface area (Å²) >= 11 is 1.59. The quantitative estimate of drug-likeness (QED) is 0.767. The molecule has 0 aliphatic heterocycles. The van der Waals surface area contributed by atoms with Crippen LogP contribution in [0.4, 0.5) is 0 Å². The highest BCUT2D eigenvalue weighted by Crippen LogP contribution is 2.28. The van der Waals surface area contributed by atoms with Gasteiger partial charge in [0.15, 0.2) is 0 Å². The molecule has 1 nitrogen and oxygen atoms in total. The van der Waals surface area contributed by atoms with Crippen LogP contribution in [0.25, 0.3) is 0 Å². The van der Waals surface area contributed by atoms with Crippen molar-refractivity contribution in [3.05, 3.63) is 35.4 Å². The number of rotatable bonds is 1. The lowest BCUT2D eigenvalue weighted by Crippen LogP contribution is -2.26. The SMILES string of the molecule is Cc1ccc(C#CSC2CCCCC2O)cc1. The number of hydrogen-bond donors (Lipinski definition) is 1. The number of aryl methyl sites for hydroxylation is 1. The summed E-state index contributed by atoms with van der Waals surface area (Å²) < 4.78 is 0. The highest BCUT2D eigenvalue weighted by molar-refractivity contribution is 8.04. The topological polar surface area (TPSA) is 20.2 Å². The van der Waals surface area contributed by atoms with E-state index in [0.29, 0.717) is 5.25 Å². The molecule has 0 aromatic heterocycles. The summed E-state index contributed by atoms with van der Waals surface area (Å²) in [4.78, 5) is 0. The van der Waals surface area contributed by atoms with Crippen molar-refractivity contribution in [3.63, 3.8) is 0 Å². The van der Waals surface area contributed by atoms with Crippen molar-refractivity contribution in [2.24, 2.45) is 0 Å². The number of thioether (sulfide) groups is 1. The van der Waals surface area contributed by atoms with Crippen LogP contribution in [-0.2, 0) is 0 Å². The van der Waals surface area contributed by atoms with Crippen LogP contribution in [0.2, 0.25) is 0 Å². The molecule has 17 heavy (non-hydrogen) atoms. The smallest absolute Gasteiger partial charge is 0.0668 e. The van der Waals surface area contributed by atoms with Gasteiger partial charge in [-0.05, 0) is 37.2 Å². The molecule has 2 atom stereocenters. The first-order chi connectivity index (χ1) is 8.25. The molecule has 0 bridgehead atoms. The van der Waals surface area contributed by atoms with Gasteiger partial charge in [0.1, 0.15) is 0 Å². The van der Waals surface area contributed by atoms with Crippen LogP contribution < -0.4 is 0 Å². The van der Waals surface area contributed by atoms with Gasteiger partial charge in [-0.15, -0.1) is 0 Å². The third kappa shape index (κ3) is 3.80. The first-order valence-electron chi connectivity index (χ1n) is 6.17. The van der Waals surface area contributed by atoms with Crippen LogP contribution in [0.1, 0.15) is 36.8 Å². The van der Waals surface area contributed by atoms with E-state index in [1.54, 1.807) is 11.8 Å². The van der Waals surface area contributed by atoms with Gasteiger partial charge in [-0.2, -0.15) is 0 Å². The zero-order valence-corrected chi connectivity index (χ0v) is 11.0. The van der Waals surface area contributed by atoms with E-state index >= 15 is 0 Å². The van der Waals surface area contributed by atoms with Gasteiger partial charge in [0.05, 0.1) is 6.10 Å². The lowest BCUT2D eigenvalue weighted by atomic mass is 9.97. The zero-order chi connectivity index (χ0) is 12.1. The van der Waals surface area contributed by atoms with Crippen molar-refractivity contribution in [2.75, 3.05) is 0 Å². The minimum absolute atomic E-state index is 0.166. The minimum Gasteiger partial charge on any atom is -0.392 e. The molecule has 1 aliphatic carbocycles. The second kappa shape index (κ2) is 6.14. The molecule has 0 spiro atoms. The summed E-state index contributed by atoms with van der Waals surface area (Å²) in [5.41, 5.74) is 2.30. The lowest BCUT2D eigenvalue weighted by molar-refractivity contribution is 0.137. The Bertz CT molecular complexity index is 413. The molecular formula is C15H18OS. The van der Waals surface area contributed by atoms with Crippen molar-refractivity contribution in [1.82, 2.24) is 0 Å². The first-order valence-corrected chi connectivity index (χ1v) is 7.05. The van der Waals surface area contributed by atoms with E-state index in [1.807, 2.05) is 12.1 Å². The predicted octanol–water partition coefficient (Wildman–Crippen LogP) is 3.34. The van der Waals surface area contributed by atoms with Crippen molar-refractivity contribution < 1.29 is 5.11 Å². The van der Waals surface area contributed by atoms with E-state index in [2.05, 4.69) is 30.2 Å². The fraction of sp³-hybridized carbons (Fsp3) is 0.467. The van der Waals surface area contributed by atoms with Crippen LogP contribution in [0, 0.1) is 18.1 Å². The molecule has 0 heterocycles. The molecule has 1 saturated carbocycles. The molecule has 1 aromatic carbocycles. The first kappa shape index (κ1) is 12.5. The summed E-state index contributed by atoms with van der Waals surface area (Å²) in [6.07, 6.45) is 4.24. The lowest BCUT2D eigenvalue weighted by Gasteiger charge is -2.24.